The number of aromatic amines is 1. The van der Waals surface area contributed by atoms with Gasteiger partial charge in [0.05, 0.1) is 18.8 Å². The minimum atomic E-state index is -1.34. The summed E-state index contributed by atoms with van der Waals surface area (Å²) in [6, 6.07) is 9.88. The number of hydrogen-bond acceptors (Lipinski definition) is 5. The molecule has 2 aromatic carbocycles. The highest BCUT2D eigenvalue weighted by atomic mass is 35.5. The van der Waals surface area contributed by atoms with E-state index in [1.165, 1.54) is 12.1 Å². The number of H-pyrrole nitrogens is 1. The monoisotopic (exact) mass is 429 g/mol. The number of esters is 2. The molecule has 1 heterocycles. The largest absolute Gasteiger partial charge is 0.508 e. The summed E-state index contributed by atoms with van der Waals surface area (Å²) >= 11 is 6.18. The standard InChI is InChI=1S/C23H24ClNO5/c1-5-29-21(27)19-13(3)25-18-9-7-8-17(20(18)19)23(4,22(28)30-6-2)14-10-15(24)12-16(26)11-14/h7-12,25-26H,5-6H2,1-4H3. The van der Waals surface area contributed by atoms with Crippen molar-refractivity contribution in [2.75, 3.05) is 13.2 Å². The summed E-state index contributed by atoms with van der Waals surface area (Å²) < 4.78 is 10.7. The van der Waals surface area contributed by atoms with Gasteiger partial charge in [-0.05, 0) is 63.1 Å². The van der Waals surface area contributed by atoms with Gasteiger partial charge in [0.15, 0.2) is 0 Å². The van der Waals surface area contributed by atoms with Gasteiger partial charge >= 0.3 is 11.9 Å². The third-order valence-corrected chi connectivity index (χ3v) is 5.39. The highest BCUT2D eigenvalue weighted by Crippen LogP contribution is 2.41. The molecule has 0 saturated carbocycles. The Hall–Kier alpha value is -2.99. The summed E-state index contributed by atoms with van der Waals surface area (Å²) in [6.07, 6.45) is 0. The first-order chi connectivity index (χ1) is 14.2. The summed E-state index contributed by atoms with van der Waals surface area (Å²) in [4.78, 5) is 29.2. The van der Waals surface area contributed by atoms with Gasteiger partial charge < -0.3 is 19.6 Å². The molecule has 7 heteroatoms. The average molecular weight is 430 g/mol. The van der Waals surface area contributed by atoms with Crippen LogP contribution < -0.4 is 0 Å². The Balaban J connectivity index is 2.39. The number of fused-ring (bicyclic) bond motifs is 1. The van der Waals surface area contributed by atoms with Crippen molar-refractivity contribution in [2.45, 2.75) is 33.1 Å². The van der Waals surface area contributed by atoms with Gasteiger partial charge in [0.1, 0.15) is 11.2 Å². The molecule has 0 spiro atoms. The van der Waals surface area contributed by atoms with Crippen LogP contribution in [0.25, 0.3) is 10.9 Å². The molecule has 3 aromatic rings. The molecule has 1 atom stereocenters. The second-order valence-electron chi connectivity index (χ2n) is 7.12. The van der Waals surface area contributed by atoms with E-state index in [0.717, 1.165) is 0 Å². The smallest absolute Gasteiger partial charge is 0.340 e. The van der Waals surface area contributed by atoms with Gasteiger partial charge in [0, 0.05) is 21.6 Å². The first kappa shape index (κ1) is 21.7. The molecule has 0 aliphatic rings. The maximum atomic E-state index is 13.3. The maximum absolute atomic E-state index is 13.3. The van der Waals surface area contributed by atoms with E-state index < -0.39 is 17.4 Å². The van der Waals surface area contributed by atoms with Crippen molar-refractivity contribution < 1.29 is 24.2 Å². The third-order valence-electron chi connectivity index (χ3n) is 5.17. The lowest BCUT2D eigenvalue weighted by Gasteiger charge is -2.29. The predicted octanol–water partition coefficient (Wildman–Crippen LogP) is 4.88. The van der Waals surface area contributed by atoms with Crippen LogP contribution in [0.4, 0.5) is 0 Å². The topological polar surface area (TPSA) is 88.6 Å². The Morgan fingerprint density at radius 1 is 1.13 bits per heavy atom. The number of halogens is 1. The van der Waals surface area contributed by atoms with Crippen LogP contribution in [0.15, 0.2) is 36.4 Å². The molecule has 0 radical (unpaired) electrons. The molecule has 6 nitrogen and oxygen atoms in total. The lowest BCUT2D eigenvalue weighted by atomic mass is 9.74. The highest BCUT2D eigenvalue weighted by Gasteiger charge is 2.42. The molecule has 0 amide bonds. The summed E-state index contributed by atoms with van der Waals surface area (Å²) in [7, 11) is 0. The van der Waals surface area contributed by atoms with Gasteiger partial charge in [-0.2, -0.15) is 0 Å². The maximum Gasteiger partial charge on any atom is 0.340 e. The predicted molar refractivity (Wildman–Crippen MR) is 115 cm³/mol. The first-order valence-corrected chi connectivity index (χ1v) is 10.1. The third kappa shape index (κ3) is 3.63. The van der Waals surface area contributed by atoms with Crippen molar-refractivity contribution in [1.29, 1.82) is 0 Å². The van der Waals surface area contributed by atoms with Crippen LogP contribution in [0.2, 0.25) is 5.02 Å². The van der Waals surface area contributed by atoms with E-state index in [9.17, 15) is 14.7 Å². The summed E-state index contributed by atoms with van der Waals surface area (Å²) in [5.74, 6) is -1.07. The van der Waals surface area contributed by atoms with E-state index in [4.69, 9.17) is 21.1 Å². The minimum Gasteiger partial charge on any atom is -0.508 e. The number of aromatic hydroxyl groups is 1. The van der Waals surface area contributed by atoms with Crippen molar-refractivity contribution in [2.24, 2.45) is 0 Å². The fraction of sp³-hybridized carbons (Fsp3) is 0.304. The molecule has 30 heavy (non-hydrogen) atoms. The van der Waals surface area contributed by atoms with E-state index >= 15 is 0 Å². The normalized spacial score (nSPS) is 13.1. The zero-order chi connectivity index (χ0) is 22.1. The number of carbonyl (C=O) groups is 2. The van der Waals surface area contributed by atoms with Gasteiger partial charge in [-0.15, -0.1) is 0 Å². The molecular weight excluding hydrogens is 406 g/mol. The fourth-order valence-electron chi connectivity index (χ4n) is 3.77. The Kier molecular flexibility index (Phi) is 6.08. The molecule has 1 unspecified atom stereocenters. The summed E-state index contributed by atoms with van der Waals surface area (Å²) in [5.41, 5.74) is 1.35. The number of carbonyl (C=O) groups excluding carboxylic acids is 2. The Labute approximate surface area is 179 Å². The van der Waals surface area contributed by atoms with Crippen molar-refractivity contribution in [1.82, 2.24) is 4.98 Å². The molecule has 1 aromatic heterocycles. The van der Waals surface area contributed by atoms with Gasteiger partial charge in [-0.1, -0.05) is 23.7 Å². The van der Waals surface area contributed by atoms with Gasteiger partial charge in [0.25, 0.3) is 0 Å². The number of aromatic nitrogens is 1. The number of phenols is 1. The van der Waals surface area contributed by atoms with E-state index in [2.05, 4.69) is 4.98 Å². The van der Waals surface area contributed by atoms with Crippen molar-refractivity contribution in [3.8, 4) is 5.75 Å². The number of benzene rings is 2. The molecule has 0 aliphatic carbocycles. The Morgan fingerprint density at radius 2 is 1.83 bits per heavy atom. The SMILES string of the molecule is CCOC(=O)c1c(C)[nH]c2cccc(C(C)(C(=O)OCC)c3cc(O)cc(Cl)c3)c12. The van der Waals surface area contributed by atoms with E-state index in [0.29, 0.717) is 33.3 Å². The number of hydrogen-bond donors (Lipinski definition) is 2. The van der Waals surface area contributed by atoms with Gasteiger partial charge in [-0.3, -0.25) is 4.79 Å². The van der Waals surface area contributed by atoms with Crippen molar-refractivity contribution >= 4 is 34.4 Å². The summed E-state index contributed by atoms with van der Waals surface area (Å²) in [6.45, 7) is 7.34. The number of phenolic OH excluding ortho intramolecular Hbond substituents is 1. The molecule has 158 valence electrons. The van der Waals surface area contributed by atoms with E-state index in [1.54, 1.807) is 45.9 Å². The first-order valence-electron chi connectivity index (χ1n) is 9.70. The second-order valence-corrected chi connectivity index (χ2v) is 7.55. The molecular formula is C23H24ClNO5. The quantitative estimate of drug-likeness (QED) is 0.545. The lowest BCUT2D eigenvalue weighted by molar-refractivity contribution is -0.147. The zero-order valence-corrected chi connectivity index (χ0v) is 18.1. The molecule has 0 bridgehead atoms. The highest BCUT2D eigenvalue weighted by molar-refractivity contribution is 6.30. The van der Waals surface area contributed by atoms with Crippen LogP contribution in [0, 0.1) is 6.92 Å². The fourth-order valence-corrected chi connectivity index (χ4v) is 4.00. The zero-order valence-electron chi connectivity index (χ0n) is 17.3. The van der Waals surface area contributed by atoms with E-state index in [-0.39, 0.29) is 24.0 Å². The number of rotatable bonds is 6. The number of nitrogens with one attached hydrogen (secondary N) is 1. The van der Waals surface area contributed by atoms with Crippen LogP contribution in [-0.4, -0.2) is 35.2 Å². The molecule has 3 rings (SSSR count). The molecule has 0 fully saturated rings. The van der Waals surface area contributed by atoms with Crippen LogP contribution in [0.5, 0.6) is 5.75 Å². The minimum absolute atomic E-state index is 0.0731. The molecule has 0 aliphatic heterocycles. The van der Waals surface area contributed by atoms with Gasteiger partial charge in [0.2, 0.25) is 0 Å². The number of ether oxygens (including phenoxy) is 2. The van der Waals surface area contributed by atoms with Crippen LogP contribution in [0.3, 0.4) is 0 Å². The number of aryl methyl sites for hydroxylation is 1. The Morgan fingerprint density at radius 3 is 2.47 bits per heavy atom. The lowest BCUT2D eigenvalue weighted by Crippen LogP contribution is -2.36. The molecule has 0 saturated heterocycles. The van der Waals surface area contributed by atoms with Crippen molar-refractivity contribution in [3.05, 3.63) is 63.8 Å². The molecule has 2 N–H and O–H groups in total. The Bertz CT molecular complexity index is 1100. The second kappa shape index (κ2) is 8.40. The van der Waals surface area contributed by atoms with E-state index in [1.807, 2.05) is 6.07 Å². The average Bonchev–Trinajstić information content (AvgIpc) is 3.02. The van der Waals surface area contributed by atoms with Crippen LogP contribution in [-0.2, 0) is 19.7 Å². The van der Waals surface area contributed by atoms with Crippen LogP contribution >= 0.6 is 11.6 Å². The summed E-state index contributed by atoms with van der Waals surface area (Å²) in [5, 5.41) is 11.0. The van der Waals surface area contributed by atoms with Crippen LogP contribution in [0.1, 0.15) is 48.0 Å². The van der Waals surface area contributed by atoms with Gasteiger partial charge in [-0.25, -0.2) is 4.79 Å². The van der Waals surface area contributed by atoms with Crippen molar-refractivity contribution in [3.63, 3.8) is 0 Å².